The smallest absolute Gasteiger partial charge is 0.228 e. The average molecular weight is 350 g/mol. The molecular formula is C18H24ClN3O2. The Morgan fingerprint density at radius 3 is 2.58 bits per heavy atom. The maximum absolute atomic E-state index is 12.8. The van der Waals surface area contributed by atoms with E-state index in [0.29, 0.717) is 31.0 Å². The fourth-order valence-corrected chi connectivity index (χ4v) is 3.38. The molecule has 0 atom stereocenters. The molecule has 1 saturated heterocycles. The molecule has 6 heteroatoms. The van der Waals surface area contributed by atoms with E-state index in [1.165, 1.54) is 0 Å². The van der Waals surface area contributed by atoms with Crippen molar-refractivity contribution in [2.75, 3.05) is 27.2 Å². The lowest BCUT2D eigenvalue weighted by Crippen LogP contribution is -2.55. The van der Waals surface area contributed by atoms with E-state index >= 15 is 0 Å². The molecule has 0 radical (unpaired) electrons. The molecule has 0 aromatic heterocycles. The summed E-state index contributed by atoms with van der Waals surface area (Å²) in [5, 5.41) is 12.2. The van der Waals surface area contributed by atoms with Gasteiger partial charge in [0.1, 0.15) is 5.54 Å². The Labute approximate surface area is 148 Å². The Kier molecular flexibility index (Phi) is 5.87. The minimum Gasteiger partial charge on any atom is -0.327 e. The van der Waals surface area contributed by atoms with E-state index in [2.05, 4.69) is 6.07 Å². The summed E-state index contributed by atoms with van der Waals surface area (Å²) in [4.78, 5) is 19.7. The normalized spacial score (nSPS) is 17.3. The van der Waals surface area contributed by atoms with E-state index in [1.54, 1.807) is 19.1 Å². The standard InChI is InChI=1S/C18H24ClN3O2/c1-13-5-6-16(19)14(2)15(13)11-17(23)21(3)18(12-20)7-9-22(24-4)10-8-18/h5-6H,7-11H2,1-4H3. The number of carbonyl (C=O) groups is 1. The quantitative estimate of drug-likeness (QED) is 0.838. The minimum atomic E-state index is -0.771. The number of benzene rings is 1. The Morgan fingerprint density at radius 1 is 1.42 bits per heavy atom. The molecule has 1 aliphatic rings. The van der Waals surface area contributed by atoms with Gasteiger partial charge in [-0.25, -0.2) is 0 Å². The van der Waals surface area contributed by atoms with Crippen molar-refractivity contribution in [3.8, 4) is 6.07 Å². The van der Waals surface area contributed by atoms with Gasteiger partial charge in [0.2, 0.25) is 5.91 Å². The number of piperidine rings is 1. The number of rotatable bonds is 4. The number of hydrogen-bond acceptors (Lipinski definition) is 4. The molecule has 0 unspecified atom stereocenters. The lowest BCUT2D eigenvalue weighted by atomic mass is 9.87. The lowest BCUT2D eigenvalue weighted by Gasteiger charge is -2.42. The number of nitriles is 1. The zero-order valence-electron chi connectivity index (χ0n) is 14.7. The van der Waals surface area contributed by atoms with Crippen LogP contribution in [0.3, 0.4) is 0 Å². The summed E-state index contributed by atoms with van der Waals surface area (Å²) in [6.07, 6.45) is 1.41. The van der Waals surface area contributed by atoms with E-state index < -0.39 is 5.54 Å². The summed E-state index contributed by atoms with van der Waals surface area (Å²) in [6, 6.07) is 6.14. The largest absolute Gasteiger partial charge is 0.327 e. The van der Waals surface area contributed by atoms with Crippen LogP contribution in [0.4, 0.5) is 0 Å². The summed E-state index contributed by atoms with van der Waals surface area (Å²) in [5.74, 6) is -0.0594. The van der Waals surface area contributed by atoms with E-state index in [9.17, 15) is 10.1 Å². The van der Waals surface area contributed by atoms with Crippen LogP contribution in [0.2, 0.25) is 5.02 Å². The molecule has 1 fully saturated rings. The van der Waals surface area contributed by atoms with Crippen LogP contribution in [0, 0.1) is 25.2 Å². The highest BCUT2D eigenvalue weighted by Gasteiger charge is 2.41. The number of carbonyl (C=O) groups excluding carboxylic acids is 1. The van der Waals surface area contributed by atoms with Crippen LogP contribution >= 0.6 is 11.6 Å². The fraction of sp³-hybridized carbons (Fsp3) is 0.556. The summed E-state index contributed by atoms with van der Waals surface area (Å²) in [5.41, 5.74) is 2.14. The second-order valence-electron chi connectivity index (χ2n) is 6.35. The number of halogens is 1. The van der Waals surface area contributed by atoms with Crippen molar-refractivity contribution in [1.29, 1.82) is 5.26 Å². The Balaban J connectivity index is 2.18. The molecule has 0 N–H and O–H groups in total. The van der Waals surface area contributed by atoms with E-state index in [1.807, 2.05) is 31.0 Å². The average Bonchev–Trinajstić information content (AvgIpc) is 2.61. The third kappa shape index (κ3) is 3.56. The van der Waals surface area contributed by atoms with Crippen molar-refractivity contribution in [3.63, 3.8) is 0 Å². The van der Waals surface area contributed by atoms with Crippen LogP contribution in [0.5, 0.6) is 0 Å². The Morgan fingerprint density at radius 2 is 2.04 bits per heavy atom. The molecule has 130 valence electrons. The lowest BCUT2D eigenvalue weighted by molar-refractivity contribution is -0.161. The van der Waals surface area contributed by atoms with Gasteiger partial charge in [0, 0.05) is 25.2 Å². The maximum Gasteiger partial charge on any atom is 0.228 e. The van der Waals surface area contributed by atoms with Crippen molar-refractivity contribution in [2.24, 2.45) is 0 Å². The van der Waals surface area contributed by atoms with Gasteiger partial charge in [0.15, 0.2) is 0 Å². The van der Waals surface area contributed by atoms with Crippen LogP contribution in [0.15, 0.2) is 12.1 Å². The Bertz CT molecular complexity index is 661. The van der Waals surface area contributed by atoms with Gasteiger partial charge >= 0.3 is 0 Å². The van der Waals surface area contributed by atoms with Crippen molar-refractivity contribution in [2.45, 2.75) is 38.6 Å². The van der Waals surface area contributed by atoms with Gasteiger partial charge in [0.05, 0.1) is 19.6 Å². The number of aryl methyl sites for hydroxylation is 1. The molecule has 0 aliphatic carbocycles. The van der Waals surface area contributed by atoms with Crippen molar-refractivity contribution in [1.82, 2.24) is 9.96 Å². The van der Waals surface area contributed by atoms with Crippen molar-refractivity contribution < 1.29 is 9.63 Å². The topological polar surface area (TPSA) is 56.6 Å². The van der Waals surface area contributed by atoms with Crippen LogP contribution < -0.4 is 0 Å². The first-order valence-corrected chi connectivity index (χ1v) is 8.44. The Hall–Kier alpha value is -1.61. The van der Waals surface area contributed by atoms with Gasteiger partial charge in [-0.05, 0) is 49.4 Å². The minimum absolute atomic E-state index is 0.0594. The molecule has 1 amide bonds. The molecule has 1 aromatic carbocycles. The predicted octanol–water partition coefficient (Wildman–Crippen LogP) is 2.88. The number of likely N-dealkylation sites (N-methyl/N-ethyl adjacent to an activating group) is 1. The summed E-state index contributed by atoms with van der Waals surface area (Å²) in [7, 11) is 3.35. The van der Waals surface area contributed by atoms with Gasteiger partial charge in [-0.2, -0.15) is 10.3 Å². The zero-order valence-corrected chi connectivity index (χ0v) is 15.5. The van der Waals surface area contributed by atoms with E-state index in [0.717, 1.165) is 16.7 Å². The molecule has 24 heavy (non-hydrogen) atoms. The van der Waals surface area contributed by atoms with Crippen LogP contribution in [-0.4, -0.2) is 48.7 Å². The molecule has 1 aromatic rings. The molecule has 0 saturated carbocycles. The zero-order chi connectivity index (χ0) is 17.9. The maximum atomic E-state index is 12.8. The highest BCUT2D eigenvalue weighted by molar-refractivity contribution is 6.31. The fourth-order valence-electron chi connectivity index (χ4n) is 3.21. The van der Waals surface area contributed by atoms with E-state index in [4.69, 9.17) is 16.4 Å². The van der Waals surface area contributed by atoms with Gasteiger partial charge in [-0.1, -0.05) is 17.7 Å². The van der Waals surface area contributed by atoms with Crippen LogP contribution in [0.25, 0.3) is 0 Å². The molecule has 5 nitrogen and oxygen atoms in total. The predicted molar refractivity (Wildman–Crippen MR) is 93.6 cm³/mol. The number of nitrogens with zero attached hydrogens (tertiary/aromatic N) is 3. The summed E-state index contributed by atoms with van der Waals surface area (Å²) in [6.45, 7) is 5.17. The number of hydroxylamine groups is 2. The third-order valence-corrected chi connectivity index (χ3v) is 5.54. The SMILES string of the molecule is CON1CCC(C#N)(N(C)C(=O)Cc2c(C)ccc(Cl)c2C)CC1. The first-order chi connectivity index (χ1) is 11.3. The van der Waals surface area contributed by atoms with Crippen molar-refractivity contribution >= 4 is 17.5 Å². The van der Waals surface area contributed by atoms with E-state index in [-0.39, 0.29) is 12.3 Å². The van der Waals surface area contributed by atoms with Crippen molar-refractivity contribution in [3.05, 3.63) is 33.8 Å². The summed E-state index contributed by atoms with van der Waals surface area (Å²) < 4.78 is 0. The highest BCUT2D eigenvalue weighted by Crippen LogP contribution is 2.29. The molecule has 1 aliphatic heterocycles. The van der Waals surface area contributed by atoms with Crippen LogP contribution in [0.1, 0.15) is 29.5 Å². The van der Waals surface area contributed by atoms with Crippen LogP contribution in [-0.2, 0) is 16.1 Å². The molecule has 0 spiro atoms. The van der Waals surface area contributed by atoms with Gasteiger partial charge in [0.25, 0.3) is 0 Å². The van der Waals surface area contributed by atoms with Gasteiger partial charge < -0.3 is 9.74 Å². The molecule has 0 bridgehead atoms. The highest BCUT2D eigenvalue weighted by atomic mass is 35.5. The summed E-state index contributed by atoms with van der Waals surface area (Å²) >= 11 is 6.19. The monoisotopic (exact) mass is 349 g/mol. The first kappa shape index (κ1) is 18.7. The molecule has 1 heterocycles. The number of hydrogen-bond donors (Lipinski definition) is 0. The number of amides is 1. The molecular weight excluding hydrogens is 326 g/mol. The van der Waals surface area contributed by atoms with Gasteiger partial charge in [-0.3, -0.25) is 4.79 Å². The molecule has 2 rings (SSSR count). The second-order valence-corrected chi connectivity index (χ2v) is 6.76. The first-order valence-electron chi connectivity index (χ1n) is 8.06. The van der Waals surface area contributed by atoms with Gasteiger partial charge in [-0.15, -0.1) is 0 Å². The second kappa shape index (κ2) is 7.52. The third-order valence-electron chi connectivity index (χ3n) is 5.13.